The van der Waals surface area contributed by atoms with Crippen LogP contribution in [0.15, 0.2) is 0 Å². The van der Waals surface area contributed by atoms with E-state index in [1.807, 2.05) is 0 Å². The summed E-state index contributed by atoms with van der Waals surface area (Å²) in [5.74, 6) is 1.86. The maximum atomic E-state index is 4.46. The second-order valence-corrected chi connectivity index (χ2v) is 3.76. The summed E-state index contributed by atoms with van der Waals surface area (Å²) < 4.78 is 0. The van der Waals surface area contributed by atoms with E-state index in [0.717, 1.165) is 11.8 Å². The second kappa shape index (κ2) is 2.17. The second-order valence-electron chi connectivity index (χ2n) is 3.21. The maximum absolute atomic E-state index is 4.46. The van der Waals surface area contributed by atoms with Gasteiger partial charge in [0, 0.05) is 0 Å². The van der Waals surface area contributed by atoms with Crippen LogP contribution in [0.4, 0.5) is 0 Å². The summed E-state index contributed by atoms with van der Waals surface area (Å²) in [4.78, 5) is 0. The van der Waals surface area contributed by atoms with E-state index in [1.54, 1.807) is 0 Å². The zero-order chi connectivity index (χ0) is 6.27. The predicted octanol–water partition coefficient (Wildman–Crippen LogP) is 1.26. The molecule has 0 amide bonds. The SMILES string of the molecule is SC1NCC2CCCC21. The van der Waals surface area contributed by atoms with Crippen LogP contribution >= 0.6 is 12.6 Å². The molecule has 1 nitrogen and oxygen atoms in total. The Morgan fingerprint density at radius 2 is 2.22 bits per heavy atom. The Hall–Kier alpha value is 0.310. The highest BCUT2D eigenvalue weighted by atomic mass is 32.1. The molecule has 1 saturated carbocycles. The molecule has 2 rings (SSSR count). The molecule has 3 atom stereocenters. The zero-order valence-corrected chi connectivity index (χ0v) is 6.40. The highest BCUT2D eigenvalue weighted by molar-refractivity contribution is 7.80. The quantitative estimate of drug-likeness (QED) is 0.486. The first-order valence-electron chi connectivity index (χ1n) is 3.79. The van der Waals surface area contributed by atoms with E-state index < -0.39 is 0 Å². The molecule has 2 heteroatoms. The first-order chi connectivity index (χ1) is 4.38. The monoisotopic (exact) mass is 143 g/mol. The minimum absolute atomic E-state index is 0.512. The summed E-state index contributed by atoms with van der Waals surface area (Å²) in [7, 11) is 0. The van der Waals surface area contributed by atoms with Gasteiger partial charge in [-0.25, -0.2) is 0 Å². The Labute approximate surface area is 61.6 Å². The Morgan fingerprint density at radius 3 is 3.00 bits per heavy atom. The van der Waals surface area contributed by atoms with Gasteiger partial charge in [0.05, 0.1) is 5.37 Å². The standard InChI is InChI=1S/C7H13NS/c9-7-6-3-1-2-5(6)4-8-7/h5-9H,1-4H2. The van der Waals surface area contributed by atoms with E-state index in [1.165, 1.54) is 25.8 Å². The molecular formula is C7H13NS. The number of hydrogen-bond acceptors (Lipinski definition) is 2. The van der Waals surface area contributed by atoms with E-state index >= 15 is 0 Å². The summed E-state index contributed by atoms with van der Waals surface area (Å²) in [5.41, 5.74) is 0. The third kappa shape index (κ3) is 0.887. The average molecular weight is 143 g/mol. The first kappa shape index (κ1) is 6.05. The summed E-state index contributed by atoms with van der Waals surface area (Å²) in [6, 6.07) is 0. The minimum Gasteiger partial charge on any atom is -0.305 e. The van der Waals surface area contributed by atoms with E-state index in [0.29, 0.717) is 5.37 Å². The summed E-state index contributed by atoms with van der Waals surface area (Å²) in [5, 5.41) is 3.90. The predicted molar refractivity (Wildman–Crippen MR) is 41.6 cm³/mol. The van der Waals surface area contributed by atoms with Crippen molar-refractivity contribution in [3.63, 3.8) is 0 Å². The van der Waals surface area contributed by atoms with Crippen molar-refractivity contribution in [2.75, 3.05) is 6.54 Å². The maximum Gasteiger partial charge on any atom is 0.0534 e. The van der Waals surface area contributed by atoms with Crippen molar-refractivity contribution in [1.29, 1.82) is 0 Å². The molecule has 1 heterocycles. The van der Waals surface area contributed by atoms with Crippen LogP contribution in [0.5, 0.6) is 0 Å². The molecule has 0 aromatic heterocycles. The molecule has 1 saturated heterocycles. The fourth-order valence-electron chi connectivity index (χ4n) is 2.16. The van der Waals surface area contributed by atoms with E-state index in [4.69, 9.17) is 0 Å². The lowest BCUT2D eigenvalue weighted by molar-refractivity contribution is 0.481. The summed E-state index contributed by atoms with van der Waals surface area (Å²) >= 11 is 4.46. The van der Waals surface area contributed by atoms with Gasteiger partial charge in [-0.05, 0) is 31.2 Å². The van der Waals surface area contributed by atoms with Gasteiger partial charge in [0.15, 0.2) is 0 Å². The number of hydrogen-bond donors (Lipinski definition) is 2. The lowest BCUT2D eigenvalue weighted by Crippen LogP contribution is -2.19. The molecule has 0 spiro atoms. The van der Waals surface area contributed by atoms with Crippen LogP contribution in [0, 0.1) is 11.8 Å². The normalized spacial score (nSPS) is 49.7. The van der Waals surface area contributed by atoms with Gasteiger partial charge in [0.2, 0.25) is 0 Å². The molecule has 3 unspecified atom stereocenters. The van der Waals surface area contributed by atoms with Crippen molar-refractivity contribution < 1.29 is 0 Å². The Morgan fingerprint density at radius 1 is 1.33 bits per heavy atom. The molecule has 1 aliphatic carbocycles. The van der Waals surface area contributed by atoms with Gasteiger partial charge in [-0.1, -0.05) is 6.42 Å². The molecule has 1 aliphatic heterocycles. The fourth-order valence-corrected chi connectivity index (χ4v) is 2.66. The van der Waals surface area contributed by atoms with E-state index in [2.05, 4.69) is 17.9 Å². The molecule has 1 N–H and O–H groups in total. The first-order valence-corrected chi connectivity index (χ1v) is 4.31. The van der Waals surface area contributed by atoms with Crippen LogP contribution in [0.25, 0.3) is 0 Å². The van der Waals surface area contributed by atoms with Crippen LogP contribution in [0.2, 0.25) is 0 Å². The van der Waals surface area contributed by atoms with Crippen molar-refractivity contribution in [3.05, 3.63) is 0 Å². The molecule has 0 radical (unpaired) electrons. The molecule has 0 aromatic rings. The van der Waals surface area contributed by atoms with Gasteiger partial charge in [-0.15, -0.1) is 0 Å². The zero-order valence-electron chi connectivity index (χ0n) is 5.51. The highest BCUT2D eigenvalue weighted by Gasteiger charge is 2.36. The lowest BCUT2D eigenvalue weighted by Gasteiger charge is -2.10. The molecule has 9 heavy (non-hydrogen) atoms. The van der Waals surface area contributed by atoms with Gasteiger partial charge < -0.3 is 5.32 Å². The van der Waals surface area contributed by atoms with Gasteiger partial charge >= 0.3 is 0 Å². The summed E-state index contributed by atoms with van der Waals surface area (Å²) in [6.45, 7) is 1.22. The van der Waals surface area contributed by atoms with Crippen LogP contribution < -0.4 is 5.32 Å². The summed E-state index contributed by atoms with van der Waals surface area (Å²) in [6.07, 6.45) is 4.29. The lowest BCUT2D eigenvalue weighted by atomic mass is 10.0. The Kier molecular flexibility index (Phi) is 1.46. The van der Waals surface area contributed by atoms with Crippen molar-refractivity contribution in [1.82, 2.24) is 5.32 Å². The Bertz CT molecular complexity index is 115. The number of thiol groups is 1. The Balaban J connectivity index is 2.07. The van der Waals surface area contributed by atoms with Gasteiger partial charge in [0.25, 0.3) is 0 Å². The largest absolute Gasteiger partial charge is 0.305 e. The van der Waals surface area contributed by atoms with Gasteiger partial charge in [-0.2, -0.15) is 12.6 Å². The molecule has 52 valence electrons. The molecular weight excluding hydrogens is 130 g/mol. The van der Waals surface area contributed by atoms with E-state index in [9.17, 15) is 0 Å². The van der Waals surface area contributed by atoms with Gasteiger partial charge in [-0.3, -0.25) is 0 Å². The van der Waals surface area contributed by atoms with Crippen LogP contribution in [0.1, 0.15) is 19.3 Å². The third-order valence-electron chi connectivity index (χ3n) is 2.71. The van der Waals surface area contributed by atoms with Crippen molar-refractivity contribution >= 4 is 12.6 Å². The molecule has 0 aromatic carbocycles. The fraction of sp³-hybridized carbons (Fsp3) is 1.00. The topological polar surface area (TPSA) is 12.0 Å². The number of rotatable bonds is 0. The van der Waals surface area contributed by atoms with Crippen LogP contribution in [-0.4, -0.2) is 11.9 Å². The molecule has 2 fully saturated rings. The third-order valence-corrected chi connectivity index (χ3v) is 3.28. The number of nitrogens with one attached hydrogen (secondary N) is 1. The minimum atomic E-state index is 0.512. The van der Waals surface area contributed by atoms with Crippen molar-refractivity contribution in [2.45, 2.75) is 24.6 Å². The van der Waals surface area contributed by atoms with Crippen molar-refractivity contribution in [2.24, 2.45) is 11.8 Å². The van der Waals surface area contributed by atoms with Crippen molar-refractivity contribution in [3.8, 4) is 0 Å². The average Bonchev–Trinajstić information content (AvgIpc) is 2.35. The highest BCUT2D eigenvalue weighted by Crippen LogP contribution is 2.38. The van der Waals surface area contributed by atoms with E-state index in [-0.39, 0.29) is 0 Å². The van der Waals surface area contributed by atoms with Crippen LogP contribution in [-0.2, 0) is 0 Å². The molecule has 2 aliphatic rings. The number of fused-ring (bicyclic) bond motifs is 1. The van der Waals surface area contributed by atoms with Crippen LogP contribution in [0.3, 0.4) is 0 Å². The smallest absolute Gasteiger partial charge is 0.0534 e. The van der Waals surface area contributed by atoms with Gasteiger partial charge in [0.1, 0.15) is 0 Å². The molecule has 0 bridgehead atoms.